The van der Waals surface area contributed by atoms with E-state index in [1.54, 1.807) is 66.7 Å². The van der Waals surface area contributed by atoms with Crippen LogP contribution >= 0.6 is 0 Å². The summed E-state index contributed by atoms with van der Waals surface area (Å²) in [7, 11) is 0. The summed E-state index contributed by atoms with van der Waals surface area (Å²) in [6.07, 6.45) is 17.0. The van der Waals surface area contributed by atoms with Crippen LogP contribution in [0.4, 0.5) is 0 Å². The lowest BCUT2D eigenvalue weighted by atomic mass is 10.1. The Bertz CT molecular complexity index is 1970. The Kier molecular flexibility index (Phi) is 19.6. The molecule has 0 aromatic heterocycles. The fraction of sp³-hybridized carbons (Fsp3) is 0.346. The van der Waals surface area contributed by atoms with Crippen LogP contribution in [0.1, 0.15) is 145 Å². The number of carbonyl (C=O) groups excluding carboxylic acids is 4. The Hall–Kier alpha value is -6.42. The van der Waals surface area contributed by atoms with E-state index < -0.39 is 23.9 Å². The first kappa shape index (κ1) is 46.6. The van der Waals surface area contributed by atoms with E-state index in [-0.39, 0.29) is 33.8 Å². The zero-order valence-corrected chi connectivity index (χ0v) is 35.9. The highest BCUT2D eigenvalue weighted by molar-refractivity contribution is 5.96. The second-order valence-corrected chi connectivity index (χ2v) is 15.1. The van der Waals surface area contributed by atoms with Crippen molar-refractivity contribution in [3.8, 4) is 34.5 Å². The van der Waals surface area contributed by atoms with Crippen molar-refractivity contribution in [1.29, 1.82) is 0 Å². The topological polar surface area (TPSA) is 124 Å². The number of rotatable bonds is 26. The second kappa shape index (κ2) is 26.0. The number of benzene rings is 5. The molecule has 0 amide bonds. The zero-order chi connectivity index (χ0) is 43.8. The molecule has 5 rings (SSSR count). The number of ether oxygens (including phenoxy) is 6. The molecule has 0 N–H and O–H groups in total. The van der Waals surface area contributed by atoms with Crippen molar-refractivity contribution in [2.24, 2.45) is 0 Å². The molecule has 0 unspecified atom stereocenters. The van der Waals surface area contributed by atoms with E-state index >= 15 is 0 Å². The van der Waals surface area contributed by atoms with Crippen molar-refractivity contribution in [2.45, 2.75) is 104 Å². The molecule has 0 heterocycles. The van der Waals surface area contributed by atoms with Crippen molar-refractivity contribution in [3.05, 3.63) is 144 Å². The van der Waals surface area contributed by atoms with Gasteiger partial charge in [-0.3, -0.25) is 0 Å². The van der Waals surface area contributed by atoms with Gasteiger partial charge in [0.25, 0.3) is 0 Å². The highest BCUT2D eigenvalue weighted by atomic mass is 16.6. The second-order valence-electron chi connectivity index (χ2n) is 15.1. The van der Waals surface area contributed by atoms with Gasteiger partial charge in [-0.25, -0.2) is 19.2 Å². The van der Waals surface area contributed by atoms with Gasteiger partial charge in [0.15, 0.2) is 0 Å². The fourth-order valence-electron chi connectivity index (χ4n) is 6.46. The van der Waals surface area contributed by atoms with Gasteiger partial charge in [-0.2, -0.15) is 0 Å². The summed E-state index contributed by atoms with van der Waals surface area (Å²) in [6.45, 7) is 5.72. The van der Waals surface area contributed by atoms with Gasteiger partial charge in [0.05, 0.1) is 35.5 Å². The van der Waals surface area contributed by atoms with Crippen LogP contribution in [0.15, 0.2) is 121 Å². The summed E-state index contributed by atoms with van der Waals surface area (Å²) >= 11 is 0. The normalized spacial score (nSPS) is 10.7. The zero-order valence-electron chi connectivity index (χ0n) is 35.9. The predicted octanol–water partition coefficient (Wildman–Crippen LogP) is 12.8. The standard InChI is InChI=1S/C52H58O10/c1-3-5-7-9-11-13-15-36-57-43-28-32-45(33-29-43)59-49(53)39-20-24-41(25-21-39)51(55)61-47-18-17-19-48(38-47)62-52(56)42-26-22-40(23-27-42)50(54)60-46-34-30-44(31-35-46)58-37-16-14-12-10-8-6-4-2/h17-35,38H,3-16,36-37H2,1-2H3. The third kappa shape index (κ3) is 16.2. The summed E-state index contributed by atoms with van der Waals surface area (Å²) in [4.78, 5) is 51.5. The molecule has 10 nitrogen and oxygen atoms in total. The van der Waals surface area contributed by atoms with Crippen molar-refractivity contribution >= 4 is 23.9 Å². The number of esters is 4. The molecule has 0 spiro atoms. The van der Waals surface area contributed by atoms with Gasteiger partial charge in [0, 0.05) is 6.07 Å². The first-order valence-corrected chi connectivity index (χ1v) is 22.0. The molecule has 5 aromatic carbocycles. The summed E-state index contributed by atoms with van der Waals surface area (Å²) in [5.41, 5.74) is 0.906. The predicted molar refractivity (Wildman–Crippen MR) is 239 cm³/mol. The molecule has 0 aliphatic heterocycles. The Balaban J connectivity index is 1.02. The average Bonchev–Trinajstić information content (AvgIpc) is 3.29. The van der Waals surface area contributed by atoms with E-state index in [1.165, 1.54) is 119 Å². The van der Waals surface area contributed by atoms with Crippen LogP contribution in [0.25, 0.3) is 0 Å². The molecule has 0 bridgehead atoms. The fourth-order valence-corrected chi connectivity index (χ4v) is 6.46. The van der Waals surface area contributed by atoms with E-state index in [4.69, 9.17) is 28.4 Å². The highest BCUT2D eigenvalue weighted by Crippen LogP contribution is 2.24. The van der Waals surface area contributed by atoms with Gasteiger partial charge in [0.1, 0.15) is 34.5 Å². The first-order valence-electron chi connectivity index (χ1n) is 22.0. The van der Waals surface area contributed by atoms with Crippen LogP contribution in [0.3, 0.4) is 0 Å². The van der Waals surface area contributed by atoms with Gasteiger partial charge >= 0.3 is 23.9 Å². The van der Waals surface area contributed by atoms with Crippen molar-refractivity contribution in [1.82, 2.24) is 0 Å². The van der Waals surface area contributed by atoms with Crippen LogP contribution in [0, 0.1) is 0 Å². The molecule has 0 saturated carbocycles. The molecular formula is C52H58O10. The van der Waals surface area contributed by atoms with Crippen LogP contribution in [-0.4, -0.2) is 37.1 Å². The van der Waals surface area contributed by atoms with Crippen LogP contribution in [0.2, 0.25) is 0 Å². The molecule has 0 fully saturated rings. The monoisotopic (exact) mass is 842 g/mol. The average molecular weight is 843 g/mol. The molecule has 0 aliphatic rings. The van der Waals surface area contributed by atoms with Crippen LogP contribution in [-0.2, 0) is 0 Å². The molecule has 62 heavy (non-hydrogen) atoms. The SMILES string of the molecule is CCCCCCCCCOc1ccc(OC(=O)c2ccc(C(=O)Oc3cccc(OC(=O)c4ccc(C(=O)Oc5ccc(OCCCCCCCCC)cc5)cc4)c3)cc2)cc1. The Morgan fingerprint density at radius 3 is 0.919 bits per heavy atom. The number of carbonyl (C=O) groups is 4. The van der Waals surface area contributed by atoms with Gasteiger partial charge in [0.2, 0.25) is 0 Å². The maximum absolute atomic E-state index is 12.9. The first-order chi connectivity index (χ1) is 30.3. The Morgan fingerprint density at radius 1 is 0.323 bits per heavy atom. The van der Waals surface area contributed by atoms with Crippen molar-refractivity contribution in [2.75, 3.05) is 13.2 Å². The third-order valence-corrected chi connectivity index (χ3v) is 10.0. The molecule has 0 atom stereocenters. The molecular weight excluding hydrogens is 785 g/mol. The van der Waals surface area contributed by atoms with Crippen molar-refractivity contribution < 1.29 is 47.6 Å². The van der Waals surface area contributed by atoms with Gasteiger partial charge in [-0.05, 0) is 122 Å². The Labute approximate surface area is 365 Å². The van der Waals surface area contributed by atoms with E-state index in [9.17, 15) is 19.2 Å². The maximum Gasteiger partial charge on any atom is 0.343 e. The minimum atomic E-state index is -0.675. The lowest BCUT2D eigenvalue weighted by Crippen LogP contribution is -2.12. The third-order valence-electron chi connectivity index (χ3n) is 10.0. The summed E-state index contributed by atoms with van der Waals surface area (Å²) in [6, 6.07) is 31.7. The lowest BCUT2D eigenvalue weighted by Gasteiger charge is -2.09. The van der Waals surface area contributed by atoms with Crippen LogP contribution in [0.5, 0.6) is 34.5 Å². The summed E-state index contributed by atoms with van der Waals surface area (Å²) < 4.78 is 33.7. The molecule has 0 aliphatic carbocycles. The quantitative estimate of drug-likeness (QED) is 0.0302. The van der Waals surface area contributed by atoms with E-state index in [1.807, 2.05) is 0 Å². The lowest BCUT2D eigenvalue weighted by molar-refractivity contribution is 0.0714. The summed E-state index contributed by atoms with van der Waals surface area (Å²) in [5, 5.41) is 0. The van der Waals surface area contributed by atoms with E-state index in [0.29, 0.717) is 36.2 Å². The Morgan fingerprint density at radius 2 is 0.597 bits per heavy atom. The minimum Gasteiger partial charge on any atom is -0.494 e. The van der Waals surface area contributed by atoms with Crippen molar-refractivity contribution in [3.63, 3.8) is 0 Å². The molecule has 5 aromatic rings. The largest absolute Gasteiger partial charge is 0.494 e. The number of unbranched alkanes of at least 4 members (excludes halogenated alkanes) is 12. The maximum atomic E-state index is 12.9. The highest BCUT2D eigenvalue weighted by Gasteiger charge is 2.16. The molecule has 0 saturated heterocycles. The van der Waals surface area contributed by atoms with E-state index in [2.05, 4.69) is 13.8 Å². The number of hydrogen-bond donors (Lipinski definition) is 0. The van der Waals surface area contributed by atoms with Gasteiger partial charge < -0.3 is 28.4 Å². The molecule has 0 radical (unpaired) electrons. The van der Waals surface area contributed by atoms with Gasteiger partial charge in [-0.1, -0.05) is 97.0 Å². The smallest absolute Gasteiger partial charge is 0.343 e. The minimum absolute atomic E-state index is 0.143. The van der Waals surface area contributed by atoms with Crippen LogP contribution < -0.4 is 28.4 Å². The summed E-state index contributed by atoms with van der Waals surface area (Å²) in [5.74, 6) is -0.0466. The molecule has 10 heteroatoms. The number of hydrogen-bond acceptors (Lipinski definition) is 10. The van der Waals surface area contributed by atoms with E-state index in [0.717, 1.165) is 25.7 Å². The molecule has 326 valence electrons. The van der Waals surface area contributed by atoms with Gasteiger partial charge in [-0.15, -0.1) is 0 Å².